The molecule has 0 radical (unpaired) electrons. The maximum Gasteiger partial charge on any atom is 0.227 e. The van der Waals surface area contributed by atoms with Gasteiger partial charge in [0.1, 0.15) is 0 Å². The van der Waals surface area contributed by atoms with Gasteiger partial charge >= 0.3 is 0 Å². The van der Waals surface area contributed by atoms with Crippen molar-refractivity contribution in [3.63, 3.8) is 0 Å². The number of benzene rings is 1. The fourth-order valence-electron chi connectivity index (χ4n) is 2.19. The lowest BCUT2D eigenvalue weighted by Gasteiger charge is -2.28. The highest BCUT2D eigenvalue weighted by atomic mass is 16.3. The van der Waals surface area contributed by atoms with Crippen molar-refractivity contribution in [2.45, 2.75) is 6.42 Å². The second-order valence-electron chi connectivity index (χ2n) is 4.42. The molecule has 0 saturated carbocycles. The molecule has 0 bridgehead atoms. The fourth-order valence-corrected chi connectivity index (χ4v) is 2.19. The smallest absolute Gasteiger partial charge is 0.227 e. The molecule has 17 heavy (non-hydrogen) atoms. The molecule has 1 aliphatic rings. The van der Waals surface area contributed by atoms with E-state index in [0.29, 0.717) is 13.1 Å². The van der Waals surface area contributed by atoms with Crippen LogP contribution in [0.25, 0.3) is 0 Å². The van der Waals surface area contributed by atoms with E-state index in [9.17, 15) is 4.79 Å². The molecule has 1 amide bonds. The molecule has 4 heteroatoms. The zero-order chi connectivity index (χ0) is 12.3. The molecule has 4 nitrogen and oxygen atoms in total. The molecular weight excluding hydrogens is 216 g/mol. The predicted octanol–water partition coefficient (Wildman–Crippen LogP) is 0.721. The van der Waals surface area contributed by atoms with Crippen LogP contribution in [-0.4, -0.2) is 42.7 Å². The largest absolute Gasteiger partial charge is 0.395 e. The van der Waals surface area contributed by atoms with Crippen molar-refractivity contribution in [1.29, 1.82) is 0 Å². The third-order valence-electron chi connectivity index (χ3n) is 3.18. The molecule has 1 aromatic rings. The Kier molecular flexibility index (Phi) is 3.64. The summed E-state index contributed by atoms with van der Waals surface area (Å²) in [6.07, 6.45) is 0.776. The van der Waals surface area contributed by atoms with Gasteiger partial charge in [-0.1, -0.05) is 18.2 Å². The number of fused-ring (bicyclic) bond motifs is 1. The average molecular weight is 234 g/mol. The molecule has 0 spiro atoms. The number of aliphatic hydroxyl groups excluding tert-OH is 1. The SMILES string of the molecule is CN(CCO)C(=O)C1CNc2ccccc2C1. The molecule has 1 aromatic carbocycles. The lowest BCUT2D eigenvalue weighted by molar-refractivity contribution is -0.134. The van der Waals surface area contributed by atoms with Gasteiger partial charge < -0.3 is 15.3 Å². The first-order chi connectivity index (χ1) is 8.22. The van der Waals surface area contributed by atoms with Gasteiger partial charge in [0.2, 0.25) is 5.91 Å². The van der Waals surface area contributed by atoms with Crippen LogP contribution >= 0.6 is 0 Å². The van der Waals surface area contributed by atoms with Gasteiger partial charge in [-0.15, -0.1) is 0 Å². The Labute approximate surface area is 101 Å². The molecule has 0 fully saturated rings. The monoisotopic (exact) mass is 234 g/mol. The second-order valence-corrected chi connectivity index (χ2v) is 4.42. The Morgan fingerprint density at radius 3 is 3.06 bits per heavy atom. The van der Waals surface area contributed by atoms with E-state index in [0.717, 1.165) is 12.1 Å². The van der Waals surface area contributed by atoms with E-state index in [4.69, 9.17) is 5.11 Å². The maximum absolute atomic E-state index is 12.1. The van der Waals surface area contributed by atoms with Crippen LogP contribution in [0.5, 0.6) is 0 Å². The summed E-state index contributed by atoms with van der Waals surface area (Å²) >= 11 is 0. The molecular formula is C13H18N2O2. The van der Waals surface area contributed by atoms with Crippen LogP contribution in [0.1, 0.15) is 5.56 Å². The van der Waals surface area contributed by atoms with Crippen molar-refractivity contribution in [2.24, 2.45) is 5.92 Å². The highest BCUT2D eigenvalue weighted by Crippen LogP contribution is 2.24. The molecule has 2 rings (SSSR count). The molecule has 1 aliphatic heterocycles. The van der Waals surface area contributed by atoms with Gasteiger partial charge in [-0.25, -0.2) is 0 Å². The third kappa shape index (κ3) is 2.58. The summed E-state index contributed by atoms with van der Waals surface area (Å²) < 4.78 is 0. The van der Waals surface area contributed by atoms with Crippen LogP contribution in [-0.2, 0) is 11.2 Å². The van der Waals surface area contributed by atoms with E-state index < -0.39 is 0 Å². The van der Waals surface area contributed by atoms with Crippen molar-refractivity contribution in [3.05, 3.63) is 29.8 Å². The molecule has 0 saturated heterocycles. The van der Waals surface area contributed by atoms with Crippen molar-refractivity contribution >= 4 is 11.6 Å². The molecule has 0 aliphatic carbocycles. The first-order valence-electron chi connectivity index (χ1n) is 5.90. The lowest BCUT2D eigenvalue weighted by atomic mass is 9.93. The molecule has 0 aromatic heterocycles. The van der Waals surface area contributed by atoms with Gasteiger partial charge in [-0.05, 0) is 18.1 Å². The summed E-state index contributed by atoms with van der Waals surface area (Å²) in [6.45, 7) is 1.08. The fraction of sp³-hybridized carbons (Fsp3) is 0.462. The zero-order valence-corrected chi connectivity index (χ0v) is 10.0. The van der Waals surface area contributed by atoms with Crippen LogP contribution < -0.4 is 5.32 Å². The third-order valence-corrected chi connectivity index (χ3v) is 3.18. The minimum atomic E-state index is -0.0264. The van der Waals surface area contributed by atoms with E-state index in [-0.39, 0.29) is 18.4 Å². The average Bonchev–Trinajstić information content (AvgIpc) is 2.37. The molecule has 2 N–H and O–H groups in total. The van der Waals surface area contributed by atoms with Crippen molar-refractivity contribution in [2.75, 3.05) is 32.1 Å². The molecule has 92 valence electrons. The summed E-state index contributed by atoms with van der Waals surface area (Å²) in [5.41, 5.74) is 2.32. The van der Waals surface area contributed by atoms with E-state index in [1.165, 1.54) is 5.56 Å². The van der Waals surface area contributed by atoms with Gasteiger partial charge in [0.15, 0.2) is 0 Å². The summed E-state index contributed by atoms with van der Waals surface area (Å²) in [4.78, 5) is 13.7. The Balaban J connectivity index is 2.05. The number of amides is 1. The normalized spacial score (nSPS) is 18.1. The van der Waals surface area contributed by atoms with E-state index in [1.54, 1.807) is 11.9 Å². The molecule has 1 unspecified atom stereocenters. The standard InChI is InChI=1S/C13H18N2O2/c1-15(6-7-16)13(17)11-8-10-4-2-3-5-12(10)14-9-11/h2-5,11,14,16H,6-9H2,1H3. The summed E-state index contributed by atoms with van der Waals surface area (Å²) in [5, 5.41) is 12.1. The van der Waals surface area contributed by atoms with E-state index in [1.807, 2.05) is 24.3 Å². The summed E-state index contributed by atoms with van der Waals surface area (Å²) in [6, 6.07) is 8.07. The Bertz CT molecular complexity index is 406. The topological polar surface area (TPSA) is 52.6 Å². The minimum Gasteiger partial charge on any atom is -0.395 e. The quantitative estimate of drug-likeness (QED) is 0.810. The number of hydrogen-bond acceptors (Lipinski definition) is 3. The number of carbonyl (C=O) groups is 1. The highest BCUT2D eigenvalue weighted by Gasteiger charge is 2.26. The number of nitrogens with zero attached hydrogens (tertiary/aromatic N) is 1. The van der Waals surface area contributed by atoms with Crippen molar-refractivity contribution < 1.29 is 9.90 Å². The zero-order valence-electron chi connectivity index (χ0n) is 10.0. The number of aliphatic hydroxyl groups is 1. The van der Waals surface area contributed by atoms with E-state index >= 15 is 0 Å². The van der Waals surface area contributed by atoms with Crippen LogP contribution in [0, 0.1) is 5.92 Å². The highest BCUT2D eigenvalue weighted by molar-refractivity contribution is 5.80. The number of nitrogens with one attached hydrogen (secondary N) is 1. The van der Waals surface area contributed by atoms with Gasteiger partial charge in [-0.2, -0.15) is 0 Å². The first-order valence-corrected chi connectivity index (χ1v) is 5.90. The minimum absolute atomic E-state index is 0.0129. The number of anilines is 1. The van der Waals surface area contributed by atoms with Crippen LogP contribution in [0.2, 0.25) is 0 Å². The summed E-state index contributed by atoms with van der Waals surface area (Å²) in [5.74, 6) is 0.0718. The van der Waals surface area contributed by atoms with Gasteiger partial charge in [0.25, 0.3) is 0 Å². The van der Waals surface area contributed by atoms with Crippen LogP contribution in [0.15, 0.2) is 24.3 Å². The number of para-hydroxylation sites is 1. The number of likely N-dealkylation sites (N-methyl/N-ethyl adjacent to an activating group) is 1. The van der Waals surface area contributed by atoms with Crippen molar-refractivity contribution in [3.8, 4) is 0 Å². The lowest BCUT2D eigenvalue weighted by Crippen LogP contribution is -2.40. The Morgan fingerprint density at radius 2 is 2.29 bits per heavy atom. The van der Waals surface area contributed by atoms with Gasteiger partial charge in [0, 0.05) is 25.8 Å². The number of rotatable bonds is 3. The first kappa shape index (κ1) is 11.9. The Hall–Kier alpha value is -1.55. The number of hydrogen-bond donors (Lipinski definition) is 2. The maximum atomic E-state index is 12.1. The predicted molar refractivity (Wildman–Crippen MR) is 66.8 cm³/mol. The van der Waals surface area contributed by atoms with Crippen molar-refractivity contribution in [1.82, 2.24) is 4.90 Å². The summed E-state index contributed by atoms with van der Waals surface area (Å²) in [7, 11) is 1.74. The second kappa shape index (κ2) is 5.19. The van der Waals surface area contributed by atoms with Gasteiger partial charge in [0.05, 0.1) is 12.5 Å². The van der Waals surface area contributed by atoms with Gasteiger partial charge in [-0.3, -0.25) is 4.79 Å². The Morgan fingerprint density at radius 1 is 1.53 bits per heavy atom. The van der Waals surface area contributed by atoms with E-state index in [2.05, 4.69) is 5.32 Å². The van der Waals surface area contributed by atoms with Crippen LogP contribution in [0.3, 0.4) is 0 Å². The molecule has 1 atom stereocenters. The van der Waals surface area contributed by atoms with Crippen LogP contribution in [0.4, 0.5) is 5.69 Å². The number of carbonyl (C=O) groups excluding carboxylic acids is 1. The molecule has 1 heterocycles.